The Morgan fingerprint density at radius 1 is 2.00 bits per heavy atom. The summed E-state index contributed by atoms with van der Waals surface area (Å²) in [5.74, 6) is 0. The summed E-state index contributed by atoms with van der Waals surface area (Å²) >= 11 is 4.36. The highest BCUT2D eigenvalue weighted by Crippen LogP contribution is 1.64. The molecule has 2 nitrogen and oxygen atoms in total. The molecule has 0 bridgehead atoms. The molecule has 3 heteroatoms. The topological polar surface area (TPSA) is 46.2 Å². The molecule has 0 fully saturated rings. The SMILES string of the molecule is N[C@@H](C=S)CO. The second kappa shape index (κ2) is 3.21. The second-order valence-electron chi connectivity index (χ2n) is 0.983. The molecule has 0 aromatic carbocycles. The molecule has 0 spiro atoms. The Labute approximate surface area is 42.0 Å². The third kappa shape index (κ3) is 2.26. The molecule has 6 heavy (non-hydrogen) atoms. The first-order valence-corrected chi connectivity index (χ1v) is 2.10. The van der Waals surface area contributed by atoms with Crippen LogP contribution >= 0.6 is 12.2 Å². The van der Waals surface area contributed by atoms with E-state index in [0.717, 1.165) is 0 Å². The van der Waals surface area contributed by atoms with Crippen molar-refractivity contribution in [3.63, 3.8) is 0 Å². The zero-order chi connectivity index (χ0) is 4.99. The van der Waals surface area contributed by atoms with E-state index in [1.165, 1.54) is 5.37 Å². The van der Waals surface area contributed by atoms with E-state index in [4.69, 9.17) is 10.8 Å². The van der Waals surface area contributed by atoms with E-state index in [-0.39, 0.29) is 12.6 Å². The smallest absolute Gasteiger partial charge is 0.0626 e. The minimum absolute atomic E-state index is 0.0521. The van der Waals surface area contributed by atoms with E-state index in [1.807, 2.05) is 0 Å². The van der Waals surface area contributed by atoms with Gasteiger partial charge in [0.15, 0.2) is 0 Å². The Kier molecular flexibility index (Phi) is 3.21. The molecule has 0 heterocycles. The van der Waals surface area contributed by atoms with Gasteiger partial charge in [-0.3, -0.25) is 0 Å². The lowest BCUT2D eigenvalue weighted by Gasteiger charge is -1.92. The van der Waals surface area contributed by atoms with Crippen molar-refractivity contribution < 1.29 is 5.11 Å². The summed E-state index contributed by atoms with van der Waals surface area (Å²) in [6.45, 7) is -0.0521. The second-order valence-corrected chi connectivity index (χ2v) is 1.25. The van der Waals surface area contributed by atoms with Crippen LogP contribution in [-0.2, 0) is 0 Å². The van der Waals surface area contributed by atoms with Crippen LogP contribution in [0.15, 0.2) is 0 Å². The number of nitrogens with two attached hydrogens (primary N) is 1. The van der Waals surface area contributed by atoms with Gasteiger partial charge in [-0.1, -0.05) is 12.2 Å². The maximum atomic E-state index is 8.11. The van der Waals surface area contributed by atoms with Gasteiger partial charge in [-0.15, -0.1) is 0 Å². The minimum Gasteiger partial charge on any atom is -0.394 e. The van der Waals surface area contributed by atoms with Crippen molar-refractivity contribution in [2.75, 3.05) is 6.61 Å². The van der Waals surface area contributed by atoms with Crippen LogP contribution in [0.3, 0.4) is 0 Å². The molecular weight excluding hydrogens is 98.1 g/mol. The predicted molar refractivity (Wildman–Crippen MR) is 28.7 cm³/mol. The normalized spacial score (nSPS) is 13.7. The number of hydrogen-bond acceptors (Lipinski definition) is 3. The average molecular weight is 105 g/mol. The van der Waals surface area contributed by atoms with Crippen LogP contribution in [-0.4, -0.2) is 23.1 Å². The molecule has 0 aliphatic heterocycles. The quantitative estimate of drug-likeness (QED) is 0.457. The summed E-state index contributed by atoms with van der Waals surface area (Å²) in [6, 6.07) is -0.319. The van der Waals surface area contributed by atoms with Crippen LogP contribution in [0.2, 0.25) is 0 Å². The van der Waals surface area contributed by atoms with Gasteiger partial charge >= 0.3 is 0 Å². The van der Waals surface area contributed by atoms with Crippen LogP contribution in [0.5, 0.6) is 0 Å². The first kappa shape index (κ1) is 6.01. The highest BCUT2D eigenvalue weighted by molar-refractivity contribution is 7.79. The molecule has 0 aliphatic carbocycles. The van der Waals surface area contributed by atoms with Crippen molar-refractivity contribution in [2.45, 2.75) is 6.04 Å². The van der Waals surface area contributed by atoms with Crippen LogP contribution in [0, 0.1) is 0 Å². The van der Waals surface area contributed by atoms with Gasteiger partial charge in [0.05, 0.1) is 12.6 Å². The summed E-state index contributed by atoms with van der Waals surface area (Å²) in [5.41, 5.74) is 5.06. The molecule has 0 aromatic heterocycles. The van der Waals surface area contributed by atoms with Gasteiger partial charge in [0.25, 0.3) is 0 Å². The van der Waals surface area contributed by atoms with Crippen molar-refractivity contribution >= 4 is 17.6 Å². The van der Waals surface area contributed by atoms with Crippen LogP contribution < -0.4 is 5.73 Å². The maximum absolute atomic E-state index is 8.11. The van der Waals surface area contributed by atoms with Crippen LogP contribution in [0.4, 0.5) is 0 Å². The van der Waals surface area contributed by atoms with E-state index in [0.29, 0.717) is 0 Å². The molecule has 1 atom stereocenters. The van der Waals surface area contributed by atoms with Crippen molar-refractivity contribution in [2.24, 2.45) is 5.73 Å². The van der Waals surface area contributed by atoms with Gasteiger partial charge < -0.3 is 10.8 Å². The van der Waals surface area contributed by atoms with Gasteiger partial charge in [-0.25, -0.2) is 0 Å². The fraction of sp³-hybridized carbons (Fsp3) is 0.667. The minimum atomic E-state index is -0.319. The van der Waals surface area contributed by atoms with Gasteiger partial charge in [-0.05, 0) is 5.37 Å². The van der Waals surface area contributed by atoms with E-state index < -0.39 is 0 Å². The van der Waals surface area contributed by atoms with Crippen LogP contribution in [0.1, 0.15) is 0 Å². The third-order valence-electron chi connectivity index (χ3n) is 0.386. The molecule has 0 saturated heterocycles. The lowest BCUT2D eigenvalue weighted by atomic mass is 10.4. The monoisotopic (exact) mass is 105 g/mol. The standard InChI is InChI=1S/C3H7NOS/c4-3(1-5)2-6/h2-3,5H,1,4H2/t3-/m1/s1. The molecule has 0 aromatic rings. The first-order chi connectivity index (χ1) is 2.81. The van der Waals surface area contributed by atoms with E-state index >= 15 is 0 Å². The molecule has 36 valence electrons. The molecule has 0 saturated carbocycles. The Morgan fingerprint density at radius 2 is 2.50 bits per heavy atom. The van der Waals surface area contributed by atoms with E-state index in [1.54, 1.807) is 0 Å². The fourth-order valence-corrected chi connectivity index (χ4v) is 0.129. The first-order valence-electron chi connectivity index (χ1n) is 1.63. The highest BCUT2D eigenvalue weighted by atomic mass is 32.1. The Hall–Kier alpha value is 0.01000. The lowest BCUT2D eigenvalue weighted by molar-refractivity contribution is 0.292. The third-order valence-corrected chi connectivity index (χ3v) is 0.735. The zero-order valence-electron chi connectivity index (χ0n) is 3.29. The van der Waals surface area contributed by atoms with Crippen molar-refractivity contribution in [3.8, 4) is 0 Å². The fourth-order valence-electron chi connectivity index (χ4n) is 0.0430. The highest BCUT2D eigenvalue weighted by Gasteiger charge is 1.87. The van der Waals surface area contributed by atoms with E-state index in [9.17, 15) is 0 Å². The molecule has 0 radical (unpaired) electrons. The summed E-state index contributed by atoms with van der Waals surface area (Å²) in [7, 11) is 0. The number of thiocarbonyl (C=S) groups is 1. The number of hydrogen-bond donors (Lipinski definition) is 2. The maximum Gasteiger partial charge on any atom is 0.0626 e. The average Bonchev–Trinajstić information content (AvgIpc) is 1.65. The summed E-state index contributed by atoms with van der Waals surface area (Å²) in [4.78, 5) is 0. The van der Waals surface area contributed by atoms with Gasteiger partial charge in [0, 0.05) is 0 Å². The van der Waals surface area contributed by atoms with Crippen molar-refractivity contribution in [3.05, 3.63) is 0 Å². The number of rotatable bonds is 2. The van der Waals surface area contributed by atoms with Gasteiger partial charge in [0.1, 0.15) is 0 Å². The predicted octanol–water partition coefficient (Wildman–Crippen LogP) is -0.694. The van der Waals surface area contributed by atoms with E-state index in [2.05, 4.69) is 12.2 Å². The zero-order valence-corrected chi connectivity index (χ0v) is 4.11. The molecule has 0 aliphatic rings. The lowest BCUT2D eigenvalue weighted by Crippen LogP contribution is -2.24. The van der Waals surface area contributed by atoms with Gasteiger partial charge in [0.2, 0.25) is 0 Å². The summed E-state index contributed by atoms with van der Waals surface area (Å²) in [6.07, 6.45) is 0. The molecule has 0 unspecified atom stereocenters. The molecule has 0 rings (SSSR count). The van der Waals surface area contributed by atoms with Crippen molar-refractivity contribution in [1.29, 1.82) is 0 Å². The van der Waals surface area contributed by atoms with Crippen molar-refractivity contribution in [1.82, 2.24) is 0 Å². The van der Waals surface area contributed by atoms with Crippen LogP contribution in [0.25, 0.3) is 0 Å². The summed E-state index contributed by atoms with van der Waals surface area (Å²) in [5, 5.41) is 9.45. The Balaban J connectivity index is 2.96. The number of aliphatic hydroxyl groups is 1. The molecular formula is C3H7NOS. The molecule has 3 N–H and O–H groups in total. The summed E-state index contributed by atoms with van der Waals surface area (Å²) < 4.78 is 0. The van der Waals surface area contributed by atoms with Gasteiger partial charge in [-0.2, -0.15) is 0 Å². The Bertz CT molecular complexity index is 48.1. The Morgan fingerprint density at radius 3 is 2.50 bits per heavy atom. The number of aliphatic hydroxyl groups excluding tert-OH is 1. The molecule has 0 amide bonds. The largest absolute Gasteiger partial charge is 0.394 e.